The SMILES string of the molecule is CCCn1c(-c2ccc(Cl)cc2Cl)cn2c3c(=O)n(C)c(=O)n(C)c3nc12. The molecule has 7 nitrogen and oxygen atoms in total. The number of hydrogen-bond acceptors (Lipinski definition) is 3. The van der Waals surface area contributed by atoms with Gasteiger partial charge in [0.15, 0.2) is 11.2 Å². The summed E-state index contributed by atoms with van der Waals surface area (Å²) in [6, 6.07) is 5.31. The molecule has 0 spiro atoms. The van der Waals surface area contributed by atoms with Crippen LogP contribution in [0.5, 0.6) is 0 Å². The third-order valence-electron chi connectivity index (χ3n) is 4.71. The van der Waals surface area contributed by atoms with E-state index in [-0.39, 0.29) is 5.56 Å². The fourth-order valence-electron chi connectivity index (χ4n) is 3.37. The molecular formula is C18H17Cl2N5O2. The van der Waals surface area contributed by atoms with Gasteiger partial charge in [-0.2, -0.15) is 4.98 Å². The van der Waals surface area contributed by atoms with E-state index < -0.39 is 5.69 Å². The van der Waals surface area contributed by atoms with Gasteiger partial charge in [0, 0.05) is 37.4 Å². The maximum absolute atomic E-state index is 12.7. The number of hydrogen-bond donors (Lipinski definition) is 0. The lowest BCUT2D eigenvalue weighted by atomic mass is 10.1. The van der Waals surface area contributed by atoms with Gasteiger partial charge in [0.2, 0.25) is 5.78 Å². The molecule has 0 bridgehead atoms. The van der Waals surface area contributed by atoms with Crippen molar-refractivity contribution in [2.24, 2.45) is 14.1 Å². The first-order valence-electron chi connectivity index (χ1n) is 8.47. The molecule has 0 amide bonds. The van der Waals surface area contributed by atoms with E-state index in [0.29, 0.717) is 33.5 Å². The van der Waals surface area contributed by atoms with E-state index in [1.165, 1.54) is 11.6 Å². The zero-order valence-electron chi connectivity index (χ0n) is 15.0. The molecule has 4 aromatic rings. The van der Waals surface area contributed by atoms with Gasteiger partial charge in [-0.05, 0) is 24.6 Å². The number of halogens is 2. The van der Waals surface area contributed by atoms with Crippen molar-refractivity contribution < 1.29 is 0 Å². The molecule has 4 rings (SSSR count). The molecule has 0 aliphatic carbocycles. The molecule has 1 aromatic carbocycles. The number of fused-ring (bicyclic) bond motifs is 3. The Bertz CT molecular complexity index is 1330. The molecule has 27 heavy (non-hydrogen) atoms. The molecular weight excluding hydrogens is 389 g/mol. The van der Waals surface area contributed by atoms with Gasteiger partial charge in [0.05, 0.1) is 10.7 Å². The molecule has 0 N–H and O–H groups in total. The zero-order chi connectivity index (χ0) is 19.5. The molecule has 0 saturated carbocycles. The Morgan fingerprint density at radius 2 is 1.85 bits per heavy atom. The summed E-state index contributed by atoms with van der Waals surface area (Å²) in [5.41, 5.74) is 1.56. The highest BCUT2D eigenvalue weighted by Gasteiger charge is 2.21. The van der Waals surface area contributed by atoms with E-state index in [4.69, 9.17) is 23.2 Å². The molecule has 0 atom stereocenters. The monoisotopic (exact) mass is 405 g/mol. The lowest BCUT2D eigenvalue weighted by Gasteiger charge is -2.09. The van der Waals surface area contributed by atoms with Crippen LogP contribution in [0.4, 0.5) is 0 Å². The Labute approximate surface area is 164 Å². The van der Waals surface area contributed by atoms with Crippen molar-refractivity contribution in [3.8, 4) is 11.3 Å². The fourth-order valence-corrected chi connectivity index (χ4v) is 3.88. The molecule has 0 aliphatic rings. The molecule has 3 aromatic heterocycles. The fraction of sp³-hybridized carbons (Fsp3) is 0.278. The quantitative estimate of drug-likeness (QED) is 0.525. The van der Waals surface area contributed by atoms with Crippen LogP contribution in [0.25, 0.3) is 28.2 Å². The second-order valence-electron chi connectivity index (χ2n) is 6.45. The van der Waals surface area contributed by atoms with E-state index in [1.807, 2.05) is 16.8 Å². The van der Waals surface area contributed by atoms with Crippen LogP contribution in [0.2, 0.25) is 10.0 Å². The van der Waals surface area contributed by atoms with Crippen LogP contribution in [0.1, 0.15) is 13.3 Å². The minimum Gasteiger partial charge on any atom is -0.310 e. The lowest BCUT2D eigenvalue weighted by molar-refractivity contribution is 0.698. The first kappa shape index (κ1) is 17.9. The highest BCUT2D eigenvalue weighted by atomic mass is 35.5. The van der Waals surface area contributed by atoms with Crippen LogP contribution >= 0.6 is 23.2 Å². The Balaban J connectivity index is 2.15. The van der Waals surface area contributed by atoms with E-state index in [1.54, 1.807) is 23.6 Å². The smallest absolute Gasteiger partial charge is 0.310 e. The maximum Gasteiger partial charge on any atom is 0.332 e. The third-order valence-corrected chi connectivity index (χ3v) is 5.26. The minimum absolute atomic E-state index is 0.357. The largest absolute Gasteiger partial charge is 0.332 e. The Morgan fingerprint density at radius 3 is 2.52 bits per heavy atom. The number of nitrogens with zero attached hydrogens (tertiary/aromatic N) is 5. The predicted molar refractivity (Wildman–Crippen MR) is 107 cm³/mol. The van der Waals surface area contributed by atoms with Crippen LogP contribution < -0.4 is 11.2 Å². The van der Waals surface area contributed by atoms with E-state index in [0.717, 1.165) is 22.2 Å². The number of rotatable bonds is 3. The van der Waals surface area contributed by atoms with Crippen molar-refractivity contribution in [3.63, 3.8) is 0 Å². The summed E-state index contributed by atoms with van der Waals surface area (Å²) in [6.45, 7) is 2.74. The Hall–Kier alpha value is -2.51. The normalized spacial score (nSPS) is 11.7. The number of imidazole rings is 2. The van der Waals surface area contributed by atoms with E-state index >= 15 is 0 Å². The summed E-state index contributed by atoms with van der Waals surface area (Å²) in [5.74, 6) is 0.589. The summed E-state index contributed by atoms with van der Waals surface area (Å²) >= 11 is 12.4. The molecule has 0 fully saturated rings. The van der Waals surface area contributed by atoms with E-state index in [9.17, 15) is 9.59 Å². The number of aromatic nitrogens is 5. The molecule has 9 heteroatoms. The number of benzene rings is 1. The molecule has 3 heterocycles. The van der Waals surface area contributed by atoms with Gasteiger partial charge in [-0.25, -0.2) is 4.79 Å². The molecule has 140 valence electrons. The summed E-state index contributed by atoms with van der Waals surface area (Å²) < 4.78 is 6.20. The first-order chi connectivity index (χ1) is 12.8. The lowest BCUT2D eigenvalue weighted by Crippen LogP contribution is -2.37. The van der Waals surface area contributed by atoms with Crippen LogP contribution in [0.3, 0.4) is 0 Å². The van der Waals surface area contributed by atoms with Gasteiger partial charge in [0.25, 0.3) is 5.56 Å². The van der Waals surface area contributed by atoms with Gasteiger partial charge in [-0.15, -0.1) is 0 Å². The van der Waals surface area contributed by atoms with Crippen LogP contribution in [0, 0.1) is 0 Å². The molecule has 0 aliphatic heterocycles. The van der Waals surface area contributed by atoms with Gasteiger partial charge in [0.1, 0.15) is 0 Å². The average Bonchev–Trinajstić information content (AvgIpc) is 3.16. The van der Waals surface area contributed by atoms with Gasteiger partial charge >= 0.3 is 5.69 Å². The summed E-state index contributed by atoms with van der Waals surface area (Å²) in [7, 11) is 3.07. The molecule has 0 unspecified atom stereocenters. The standard InChI is InChI=1S/C18H17Cl2N5O2/c1-4-7-24-13(11-6-5-10(19)8-12(11)20)9-25-14-15(21-17(24)25)22(2)18(27)23(3)16(14)26/h5-6,8-9H,4,7H2,1-3H3. The predicted octanol–water partition coefficient (Wildman–Crippen LogP) is 3.07. The maximum atomic E-state index is 12.7. The van der Waals surface area contributed by atoms with Crippen LogP contribution in [-0.2, 0) is 20.6 Å². The highest BCUT2D eigenvalue weighted by Crippen LogP contribution is 2.32. The second kappa shape index (κ2) is 6.28. The van der Waals surface area contributed by atoms with Gasteiger partial charge < -0.3 is 4.57 Å². The van der Waals surface area contributed by atoms with Crippen LogP contribution in [0.15, 0.2) is 34.0 Å². The molecule has 0 saturated heterocycles. The van der Waals surface area contributed by atoms with Gasteiger partial charge in [-0.3, -0.25) is 18.3 Å². The van der Waals surface area contributed by atoms with Crippen molar-refractivity contribution >= 4 is 40.1 Å². The van der Waals surface area contributed by atoms with Crippen molar-refractivity contribution in [2.45, 2.75) is 19.9 Å². The summed E-state index contributed by atoms with van der Waals surface area (Å²) in [6.07, 6.45) is 2.70. The minimum atomic E-state index is -0.406. The summed E-state index contributed by atoms with van der Waals surface area (Å²) in [4.78, 5) is 29.6. The van der Waals surface area contributed by atoms with Crippen molar-refractivity contribution in [3.05, 3.63) is 55.3 Å². The van der Waals surface area contributed by atoms with Crippen molar-refractivity contribution in [2.75, 3.05) is 0 Å². The third kappa shape index (κ3) is 2.53. The zero-order valence-corrected chi connectivity index (χ0v) is 16.5. The second-order valence-corrected chi connectivity index (χ2v) is 7.29. The van der Waals surface area contributed by atoms with E-state index in [2.05, 4.69) is 11.9 Å². The number of aryl methyl sites for hydroxylation is 2. The van der Waals surface area contributed by atoms with Gasteiger partial charge in [-0.1, -0.05) is 30.1 Å². The Morgan fingerprint density at radius 1 is 1.11 bits per heavy atom. The van der Waals surface area contributed by atoms with Crippen molar-refractivity contribution in [1.29, 1.82) is 0 Å². The first-order valence-corrected chi connectivity index (χ1v) is 9.23. The highest BCUT2D eigenvalue weighted by molar-refractivity contribution is 6.36. The average molecular weight is 406 g/mol. The van der Waals surface area contributed by atoms with Crippen LogP contribution in [-0.4, -0.2) is 23.1 Å². The van der Waals surface area contributed by atoms with Crippen molar-refractivity contribution in [1.82, 2.24) is 23.1 Å². The Kier molecular flexibility index (Phi) is 4.16. The summed E-state index contributed by atoms with van der Waals surface area (Å²) in [5, 5.41) is 1.07. The molecule has 0 radical (unpaired) electrons. The topological polar surface area (TPSA) is 66.2 Å².